The lowest BCUT2D eigenvalue weighted by atomic mass is 10.1. The summed E-state index contributed by atoms with van der Waals surface area (Å²) in [5.41, 5.74) is 2.51. The van der Waals surface area contributed by atoms with Crippen LogP contribution in [-0.4, -0.2) is 48.8 Å². The normalized spacial score (nSPS) is 16.0. The summed E-state index contributed by atoms with van der Waals surface area (Å²) in [6.45, 7) is 5.47. The number of likely N-dealkylation sites (tertiary alicyclic amines) is 1. The molecule has 6 nitrogen and oxygen atoms in total. The number of benzene rings is 2. The zero-order chi connectivity index (χ0) is 19.7. The van der Waals surface area contributed by atoms with E-state index in [4.69, 9.17) is 0 Å². The van der Waals surface area contributed by atoms with Gasteiger partial charge in [-0.05, 0) is 68.8 Å². The lowest BCUT2D eigenvalue weighted by Gasteiger charge is -2.14. The number of carbonyl (C=O) groups is 3. The van der Waals surface area contributed by atoms with Gasteiger partial charge in [-0.1, -0.05) is 12.1 Å². The summed E-state index contributed by atoms with van der Waals surface area (Å²) in [6, 6.07) is 12.0. The molecule has 152 valence electrons. The molecule has 2 aliphatic rings. The molecule has 0 aliphatic carbocycles. The van der Waals surface area contributed by atoms with Crippen LogP contribution in [0.25, 0.3) is 0 Å². The summed E-state index contributed by atoms with van der Waals surface area (Å²) in [7, 11) is 0. The fraction of sp³-hybridized carbons (Fsp3) is 0.318. The first-order valence-corrected chi connectivity index (χ1v) is 9.64. The number of imide groups is 1. The number of amides is 3. The minimum absolute atomic E-state index is 0. The fourth-order valence-electron chi connectivity index (χ4n) is 3.82. The maximum atomic E-state index is 12.8. The van der Waals surface area contributed by atoms with Crippen molar-refractivity contribution in [2.75, 3.05) is 31.1 Å². The summed E-state index contributed by atoms with van der Waals surface area (Å²) >= 11 is 0. The zero-order valence-electron chi connectivity index (χ0n) is 16.3. The van der Waals surface area contributed by atoms with Gasteiger partial charge < -0.3 is 10.2 Å². The molecule has 2 aromatic carbocycles. The number of rotatable bonds is 5. The van der Waals surface area contributed by atoms with Gasteiger partial charge in [-0.2, -0.15) is 0 Å². The zero-order valence-corrected chi connectivity index (χ0v) is 17.1. The number of halogens is 1. The molecule has 0 radical (unpaired) electrons. The highest BCUT2D eigenvalue weighted by molar-refractivity contribution is 6.34. The van der Waals surface area contributed by atoms with Crippen LogP contribution >= 0.6 is 12.4 Å². The van der Waals surface area contributed by atoms with Crippen LogP contribution in [0.3, 0.4) is 0 Å². The van der Waals surface area contributed by atoms with Gasteiger partial charge in [-0.25, -0.2) is 4.90 Å². The van der Waals surface area contributed by atoms with Crippen LogP contribution in [0.1, 0.15) is 49.5 Å². The van der Waals surface area contributed by atoms with Crippen LogP contribution in [0, 0.1) is 6.92 Å². The Kier molecular flexibility index (Phi) is 6.35. The molecule has 0 saturated carbocycles. The molecule has 2 aliphatic heterocycles. The Labute approximate surface area is 176 Å². The van der Waals surface area contributed by atoms with E-state index in [0.29, 0.717) is 23.4 Å². The molecule has 1 saturated heterocycles. The fourth-order valence-corrected chi connectivity index (χ4v) is 3.82. The molecule has 4 rings (SSSR count). The second kappa shape index (κ2) is 8.76. The summed E-state index contributed by atoms with van der Waals surface area (Å²) in [6.07, 6.45) is 2.43. The average molecular weight is 414 g/mol. The molecule has 29 heavy (non-hydrogen) atoms. The maximum Gasteiger partial charge on any atom is 0.266 e. The Bertz CT molecular complexity index is 954. The Morgan fingerprint density at radius 3 is 2.45 bits per heavy atom. The second-order valence-electron chi connectivity index (χ2n) is 7.35. The van der Waals surface area contributed by atoms with E-state index in [1.165, 1.54) is 23.8 Å². The van der Waals surface area contributed by atoms with Crippen LogP contribution in [0.4, 0.5) is 5.69 Å². The predicted molar refractivity (Wildman–Crippen MR) is 114 cm³/mol. The van der Waals surface area contributed by atoms with Gasteiger partial charge >= 0.3 is 0 Å². The van der Waals surface area contributed by atoms with Crippen molar-refractivity contribution in [3.63, 3.8) is 0 Å². The summed E-state index contributed by atoms with van der Waals surface area (Å²) in [5, 5.41) is 2.90. The smallest absolute Gasteiger partial charge is 0.266 e. The standard InChI is InChI=1S/C22H23N3O3.ClH/c1-15-5-4-6-17(13-15)25-21(27)18-8-7-16(14-19(18)22(25)28)20(26)23-9-12-24-10-2-3-11-24;/h4-8,13-14H,2-3,9-12H2,1H3,(H,23,26);1H. The van der Waals surface area contributed by atoms with E-state index in [-0.39, 0.29) is 29.8 Å². The molecule has 2 heterocycles. The van der Waals surface area contributed by atoms with E-state index in [1.54, 1.807) is 24.3 Å². The van der Waals surface area contributed by atoms with Crippen LogP contribution in [0.15, 0.2) is 42.5 Å². The van der Waals surface area contributed by atoms with Crippen molar-refractivity contribution in [3.8, 4) is 0 Å². The number of anilines is 1. The third kappa shape index (κ3) is 4.18. The molecule has 7 heteroatoms. The average Bonchev–Trinajstić information content (AvgIpc) is 3.28. The highest BCUT2D eigenvalue weighted by Gasteiger charge is 2.37. The largest absolute Gasteiger partial charge is 0.351 e. The number of aryl methyl sites for hydroxylation is 1. The summed E-state index contributed by atoms with van der Waals surface area (Å²) in [5.74, 6) is -0.972. The number of nitrogens with zero attached hydrogens (tertiary/aromatic N) is 2. The van der Waals surface area contributed by atoms with Gasteiger partial charge in [-0.15, -0.1) is 12.4 Å². The Morgan fingerprint density at radius 1 is 1.00 bits per heavy atom. The molecule has 0 bridgehead atoms. The van der Waals surface area contributed by atoms with Gasteiger partial charge in [0.15, 0.2) is 0 Å². The van der Waals surface area contributed by atoms with E-state index in [1.807, 2.05) is 19.1 Å². The van der Waals surface area contributed by atoms with E-state index in [9.17, 15) is 14.4 Å². The van der Waals surface area contributed by atoms with E-state index in [2.05, 4.69) is 10.2 Å². The summed E-state index contributed by atoms with van der Waals surface area (Å²) < 4.78 is 0. The van der Waals surface area contributed by atoms with Crippen LogP contribution < -0.4 is 10.2 Å². The molecule has 2 aromatic rings. The third-order valence-electron chi connectivity index (χ3n) is 5.32. The van der Waals surface area contributed by atoms with Crippen molar-refractivity contribution < 1.29 is 14.4 Å². The molecule has 1 fully saturated rings. The van der Waals surface area contributed by atoms with E-state index in [0.717, 1.165) is 25.2 Å². The molecular formula is C22H24ClN3O3. The van der Waals surface area contributed by atoms with Crippen molar-refractivity contribution in [2.45, 2.75) is 19.8 Å². The molecule has 1 N–H and O–H groups in total. The first kappa shape index (κ1) is 21.0. The minimum Gasteiger partial charge on any atom is -0.351 e. The number of hydrogen-bond donors (Lipinski definition) is 1. The van der Waals surface area contributed by atoms with E-state index < -0.39 is 5.91 Å². The predicted octanol–water partition coefficient (Wildman–Crippen LogP) is 3.04. The van der Waals surface area contributed by atoms with Gasteiger partial charge in [0.1, 0.15) is 0 Å². The van der Waals surface area contributed by atoms with Gasteiger partial charge in [0.2, 0.25) is 0 Å². The van der Waals surface area contributed by atoms with Crippen molar-refractivity contribution >= 4 is 35.8 Å². The highest BCUT2D eigenvalue weighted by atomic mass is 35.5. The summed E-state index contributed by atoms with van der Waals surface area (Å²) in [4.78, 5) is 41.5. The van der Waals surface area contributed by atoms with Crippen LogP contribution in [0.2, 0.25) is 0 Å². The highest BCUT2D eigenvalue weighted by Crippen LogP contribution is 2.29. The van der Waals surface area contributed by atoms with E-state index >= 15 is 0 Å². The van der Waals surface area contributed by atoms with Gasteiger partial charge in [0, 0.05) is 18.7 Å². The minimum atomic E-state index is -0.391. The Hall–Kier alpha value is -2.70. The Morgan fingerprint density at radius 2 is 1.72 bits per heavy atom. The maximum absolute atomic E-state index is 12.8. The third-order valence-corrected chi connectivity index (χ3v) is 5.32. The Balaban J connectivity index is 0.00000240. The lowest BCUT2D eigenvalue weighted by Crippen LogP contribution is -2.33. The lowest BCUT2D eigenvalue weighted by molar-refractivity contribution is 0.0923. The quantitative estimate of drug-likeness (QED) is 0.765. The topological polar surface area (TPSA) is 69.7 Å². The van der Waals surface area contributed by atoms with Gasteiger partial charge in [-0.3, -0.25) is 14.4 Å². The van der Waals surface area contributed by atoms with Crippen molar-refractivity contribution in [1.82, 2.24) is 10.2 Å². The van der Waals surface area contributed by atoms with Crippen molar-refractivity contribution in [3.05, 3.63) is 64.7 Å². The second-order valence-corrected chi connectivity index (χ2v) is 7.35. The number of hydrogen-bond acceptors (Lipinski definition) is 4. The molecule has 3 amide bonds. The van der Waals surface area contributed by atoms with Gasteiger partial charge in [0.05, 0.1) is 16.8 Å². The molecule has 0 unspecified atom stereocenters. The first-order valence-electron chi connectivity index (χ1n) is 9.64. The molecule has 0 spiro atoms. The number of carbonyl (C=O) groups excluding carboxylic acids is 3. The van der Waals surface area contributed by atoms with Crippen molar-refractivity contribution in [2.24, 2.45) is 0 Å². The molecular weight excluding hydrogens is 390 g/mol. The number of fused-ring (bicyclic) bond motifs is 1. The van der Waals surface area contributed by atoms with Crippen LogP contribution in [0.5, 0.6) is 0 Å². The number of nitrogens with one attached hydrogen (secondary N) is 1. The van der Waals surface area contributed by atoms with Crippen molar-refractivity contribution in [1.29, 1.82) is 0 Å². The van der Waals surface area contributed by atoms with Gasteiger partial charge in [0.25, 0.3) is 17.7 Å². The monoisotopic (exact) mass is 413 g/mol. The first-order chi connectivity index (χ1) is 13.5. The molecule has 0 atom stereocenters. The van der Waals surface area contributed by atoms with Crippen LogP contribution in [-0.2, 0) is 0 Å². The molecule has 0 aromatic heterocycles. The SMILES string of the molecule is Cc1cccc(N2C(=O)c3ccc(C(=O)NCCN4CCCC4)cc3C2=O)c1.Cl.